The van der Waals surface area contributed by atoms with Gasteiger partial charge in [-0.2, -0.15) is 8.78 Å². The lowest BCUT2D eigenvalue weighted by molar-refractivity contribution is -0.184. The zero-order valence-electron chi connectivity index (χ0n) is 11.2. The van der Waals surface area contributed by atoms with Crippen LogP contribution in [0.15, 0.2) is 0 Å². The summed E-state index contributed by atoms with van der Waals surface area (Å²) in [5.74, 6) is -7.12. The van der Waals surface area contributed by atoms with Gasteiger partial charge in [0.25, 0.3) is 5.91 Å². The summed E-state index contributed by atoms with van der Waals surface area (Å²) in [5, 5.41) is -0.0822. The van der Waals surface area contributed by atoms with Crippen molar-refractivity contribution in [3.8, 4) is 0 Å². The number of halogens is 5. The molecule has 1 saturated carbocycles. The maximum absolute atomic E-state index is 13.4. The molecule has 0 spiro atoms. The van der Waals surface area contributed by atoms with Gasteiger partial charge in [0, 0.05) is 6.04 Å². The molecule has 1 heterocycles. The molecule has 3 unspecified atom stereocenters. The lowest BCUT2D eigenvalue weighted by Crippen LogP contribution is -2.55. The van der Waals surface area contributed by atoms with E-state index in [0.29, 0.717) is 12.8 Å². The van der Waals surface area contributed by atoms with Crippen LogP contribution in [0.4, 0.5) is 17.6 Å². The number of carbonyl (C=O) groups is 2. The minimum absolute atomic E-state index is 0.0517. The molecule has 1 aliphatic heterocycles. The highest BCUT2D eigenvalue weighted by atomic mass is 79.9. The third kappa shape index (κ3) is 2.96. The van der Waals surface area contributed by atoms with Crippen LogP contribution in [0.3, 0.4) is 0 Å². The summed E-state index contributed by atoms with van der Waals surface area (Å²) in [6.07, 6.45) is -0.889. The fourth-order valence-corrected chi connectivity index (χ4v) is 3.77. The fraction of sp³-hybridized carbons (Fsp3) is 0.846. The highest BCUT2D eigenvalue weighted by Gasteiger charge is 2.57. The summed E-state index contributed by atoms with van der Waals surface area (Å²) in [6.45, 7) is 0. The molecule has 1 saturated heterocycles. The Kier molecular flexibility index (Phi) is 4.95. The molecule has 0 aromatic rings. The van der Waals surface area contributed by atoms with Gasteiger partial charge < -0.3 is 4.90 Å². The van der Waals surface area contributed by atoms with Crippen LogP contribution in [0.25, 0.3) is 0 Å². The first-order chi connectivity index (χ1) is 9.80. The highest BCUT2D eigenvalue weighted by molar-refractivity contribution is 9.09. The van der Waals surface area contributed by atoms with E-state index in [-0.39, 0.29) is 11.2 Å². The third-order valence-electron chi connectivity index (χ3n) is 4.39. The van der Waals surface area contributed by atoms with Crippen LogP contribution < -0.4 is 0 Å². The summed E-state index contributed by atoms with van der Waals surface area (Å²) in [7, 11) is 0. The first kappa shape index (κ1) is 16.7. The molecule has 2 fully saturated rings. The van der Waals surface area contributed by atoms with Gasteiger partial charge in [0.2, 0.25) is 0 Å². The van der Waals surface area contributed by atoms with Gasteiger partial charge in [-0.3, -0.25) is 9.59 Å². The Bertz CT molecular complexity index is 432. The van der Waals surface area contributed by atoms with Crippen LogP contribution in [0.2, 0.25) is 0 Å². The van der Waals surface area contributed by atoms with Gasteiger partial charge in [-0.15, -0.1) is 0 Å². The second-order valence-corrected chi connectivity index (χ2v) is 6.16. The summed E-state index contributed by atoms with van der Waals surface area (Å²) in [6, 6.07) is -1.54. The number of rotatable bonds is 4. The average Bonchev–Trinajstić information content (AvgIpc) is 2.84. The monoisotopic (exact) mass is 373 g/mol. The summed E-state index contributed by atoms with van der Waals surface area (Å²) in [5.41, 5.74) is 0. The van der Waals surface area contributed by atoms with Crippen molar-refractivity contribution in [1.82, 2.24) is 4.90 Å². The van der Waals surface area contributed by atoms with Gasteiger partial charge in [0.1, 0.15) is 0 Å². The van der Waals surface area contributed by atoms with Crippen molar-refractivity contribution in [2.24, 2.45) is 5.92 Å². The van der Waals surface area contributed by atoms with Crippen molar-refractivity contribution in [2.75, 3.05) is 5.33 Å². The number of Topliss-reactive ketones (excluding diaryl/α,β-unsaturated/α-hetero) is 1. The van der Waals surface area contributed by atoms with Crippen LogP contribution in [-0.2, 0) is 9.59 Å². The normalized spacial score (nSPS) is 29.6. The number of fused-ring (bicyclic) bond motifs is 1. The second kappa shape index (κ2) is 6.22. The molecule has 0 aromatic carbocycles. The van der Waals surface area contributed by atoms with Crippen molar-refractivity contribution in [2.45, 2.75) is 56.5 Å². The van der Waals surface area contributed by atoms with Crippen molar-refractivity contribution in [3.05, 3.63) is 0 Å². The van der Waals surface area contributed by atoms with E-state index in [2.05, 4.69) is 15.9 Å². The molecule has 3 atom stereocenters. The molecule has 1 aliphatic carbocycles. The first-order valence-corrected chi connectivity index (χ1v) is 8.00. The summed E-state index contributed by atoms with van der Waals surface area (Å²) < 4.78 is 51.8. The van der Waals surface area contributed by atoms with Gasteiger partial charge in [-0.25, -0.2) is 8.78 Å². The van der Waals surface area contributed by atoms with Gasteiger partial charge in [0.15, 0.2) is 5.78 Å². The Balaban J connectivity index is 2.31. The van der Waals surface area contributed by atoms with Crippen molar-refractivity contribution >= 4 is 27.6 Å². The minimum Gasteiger partial charge on any atom is -0.324 e. The summed E-state index contributed by atoms with van der Waals surface area (Å²) >= 11 is 2.96. The van der Waals surface area contributed by atoms with Crippen LogP contribution >= 0.6 is 15.9 Å². The van der Waals surface area contributed by atoms with E-state index in [1.54, 1.807) is 0 Å². The van der Waals surface area contributed by atoms with Crippen LogP contribution in [0.1, 0.15) is 32.1 Å². The molecule has 0 radical (unpaired) electrons. The predicted octanol–water partition coefficient (Wildman–Crippen LogP) is 3.01. The van der Waals surface area contributed by atoms with Gasteiger partial charge in [-0.1, -0.05) is 28.8 Å². The maximum Gasteiger partial charge on any atom is 0.383 e. The van der Waals surface area contributed by atoms with Crippen molar-refractivity contribution in [1.29, 1.82) is 0 Å². The molecule has 1 amide bonds. The zero-order chi connectivity index (χ0) is 15.8. The molecule has 0 bridgehead atoms. The van der Waals surface area contributed by atoms with Gasteiger partial charge in [0.05, 0.1) is 11.4 Å². The Morgan fingerprint density at radius 2 is 1.86 bits per heavy atom. The number of ketones is 1. The van der Waals surface area contributed by atoms with Gasteiger partial charge >= 0.3 is 12.3 Å². The van der Waals surface area contributed by atoms with E-state index in [4.69, 9.17) is 0 Å². The lowest BCUT2D eigenvalue weighted by Gasteiger charge is -2.35. The Labute approximate surface area is 128 Å². The van der Waals surface area contributed by atoms with E-state index in [0.717, 1.165) is 24.2 Å². The van der Waals surface area contributed by atoms with Crippen molar-refractivity contribution in [3.63, 3.8) is 0 Å². The minimum atomic E-state index is -4.74. The van der Waals surface area contributed by atoms with Crippen molar-refractivity contribution < 1.29 is 27.2 Å². The van der Waals surface area contributed by atoms with E-state index >= 15 is 0 Å². The molecule has 0 N–H and O–H groups in total. The fourth-order valence-electron chi connectivity index (χ4n) is 3.39. The van der Waals surface area contributed by atoms with Gasteiger partial charge in [-0.05, 0) is 25.2 Å². The van der Waals surface area contributed by atoms with Crippen LogP contribution in [0, 0.1) is 5.92 Å². The lowest BCUT2D eigenvalue weighted by atomic mass is 9.84. The Hall–Kier alpha value is -0.660. The number of hydrogen-bond acceptors (Lipinski definition) is 2. The molecule has 120 valence electrons. The number of hydrogen-bond donors (Lipinski definition) is 0. The third-order valence-corrected chi connectivity index (χ3v) is 4.94. The topological polar surface area (TPSA) is 37.4 Å². The second-order valence-electron chi connectivity index (χ2n) is 5.60. The van der Waals surface area contributed by atoms with E-state index < -0.39 is 36.1 Å². The molecule has 3 nitrogen and oxygen atoms in total. The first-order valence-electron chi connectivity index (χ1n) is 6.88. The molecule has 21 heavy (non-hydrogen) atoms. The van der Waals surface area contributed by atoms with E-state index in [1.807, 2.05) is 0 Å². The predicted molar refractivity (Wildman–Crippen MR) is 70.7 cm³/mol. The maximum atomic E-state index is 13.4. The zero-order valence-corrected chi connectivity index (χ0v) is 12.8. The molecule has 8 heteroatoms. The Morgan fingerprint density at radius 1 is 1.24 bits per heavy atom. The SMILES string of the molecule is O=C(CBr)C1CC2CCCCC2N1C(=O)C(F)(F)C(F)F. The smallest absolute Gasteiger partial charge is 0.324 e. The largest absolute Gasteiger partial charge is 0.383 e. The summed E-state index contributed by atoms with van der Waals surface area (Å²) in [4.78, 5) is 24.6. The van der Waals surface area contributed by atoms with E-state index in [1.165, 1.54) is 0 Å². The molecule has 2 aliphatic rings. The van der Waals surface area contributed by atoms with E-state index in [9.17, 15) is 27.2 Å². The number of likely N-dealkylation sites (tertiary alicyclic amines) is 1. The molecule has 0 aromatic heterocycles. The number of nitrogens with zero attached hydrogens (tertiary/aromatic N) is 1. The standard InChI is InChI=1S/C13H16BrF4NO2/c14-6-10(20)9-5-7-3-1-2-4-8(7)19(9)12(21)13(17,18)11(15)16/h7-9,11H,1-6H2. The number of amides is 1. The molecular formula is C13H16BrF4NO2. The number of alkyl halides is 5. The Morgan fingerprint density at radius 3 is 2.43 bits per heavy atom. The molecular weight excluding hydrogens is 358 g/mol. The highest BCUT2D eigenvalue weighted by Crippen LogP contribution is 2.42. The quantitative estimate of drug-likeness (QED) is 0.561. The van der Waals surface area contributed by atoms with Crippen LogP contribution in [0.5, 0.6) is 0 Å². The number of carbonyl (C=O) groups excluding carboxylic acids is 2. The van der Waals surface area contributed by atoms with Crippen LogP contribution in [-0.4, -0.2) is 46.4 Å². The average molecular weight is 374 g/mol. The molecule has 2 rings (SSSR count).